The van der Waals surface area contributed by atoms with Crippen molar-refractivity contribution in [3.63, 3.8) is 0 Å². The molecule has 1 unspecified atom stereocenters. The second-order valence-corrected chi connectivity index (χ2v) is 4.49. The number of amides is 2. The molecular formula is C11H20N2O4. The van der Waals surface area contributed by atoms with Crippen molar-refractivity contribution in [3.8, 4) is 0 Å². The highest BCUT2D eigenvalue weighted by Gasteiger charge is 2.21. The predicted octanol–water partition coefficient (Wildman–Crippen LogP) is 0.210. The van der Waals surface area contributed by atoms with Gasteiger partial charge in [-0.2, -0.15) is 0 Å². The van der Waals surface area contributed by atoms with Crippen LogP contribution in [0.1, 0.15) is 33.6 Å². The van der Waals surface area contributed by atoms with Crippen molar-refractivity contribution in [1.29, 1.82) is 0 Å². The zero-order chi connectivity index (χ0) is 13.6. The fourth-order valence-corrected chi connectivity index (χ4v) is 1.51. The average Bonchev–Trinajstić information content (AvgIpc) is 2.11. The van der Waals surface area contributed by atoms with Crippen LogP contribution in [-0.2, 0) is 14.4 Å². The van der Waals surface area contributed by atoms with Gasteiger partial charge in [0.25, 0.3) is 0 Å². The Balaban J connectivity index is 4.42. The fourth-order valence-electron chi connectivity index (χ4n) is 1.51. The molecule has 0 aliphatic heterocycles. The topological polar surface area (TPSA) is 101 Å². The summed E-state index contributed by atoms with van der Waals surface area (Å²) in [6.07, 6.45) is 0.0476. The minimum Gasteiger partial charge on any atom is -0.481 e. The van der Waals surface area contributed by atoms with Gasteiger partial charge in [0.2, 0.25) is 11.8 Å². The van der Waals surface area contributed by atoms with E-state index in [4.69, 9.17) is 10.8 Å². The normalized spacial score (nSPS) is 12.2. The molecule has 6 nitrogen and oxygen atoms in total. The van der Waals surface area contributed by atoms with E-state index in [2.05, 4.69) is 0 Å². The molecular weight excluding hydrogens is 224 g/mol. The van der Waals surface area contributed by atoms with Gasteiger partial charge in [0, 0.05) is 18.9 Å². The number of carbonyl (C=O) groups is 3. The van der Waals surface area contributed by atoms with Crippen LogP contribution >= 0.6 is 0 Å². The number of nitrogens with two attached hydrogens (primary N) is 1. The lowest BCUT2D eigenvalue weighted by molar-refractivity contribution is -0.140. The molecule has 0 rings (SSSR count). The molecule has 0 aromatic heterocycles. The zero-order valence-corrected chi connectivity index (χ0v) is 10.5. The van der Waals surface area contributed by atoms with E-state index in [0.29, 0.717) is 0 Å². The van der Waals surface area contributed by atoms with E-state index >= 15 is 0 Å². The fraction of sp³-hybridized carbons (Fsp3) is 0.727. The van der Waals surface area contributed by atoms with E-state index in [0.717, 1.165) is 0 Å². The first-order valence-electron chi connectivity index (χ1n) is 5.53. The largest absolute Gasteiger partial charge is 0.481 e. The highest BCUT2D eigenvalue weighted by Crippen LogP contribution is 2.11. The Kier molecular flexibility index (Phi) is 6.23. The number of carbonyl (C=O) groups excluding carboxylic acids is 2. The van der Waals surface area contributed by atoms with Crippen LogP contribution < -0.4 is 5.73 Å². The summed E-state index contributed by atoms with van der Waals surface area (Å²) in [5.74, 6) is -2.00. The van der Waals surface area contributed by atoms with Crippen molar-refractivity contribution in [1.82, 2.24) is 4.90 Å². The number of primary amides is 1. The van der Waals surface area contributed by atoms with Gasteiger partial charge in [-0.15, -0.1) is 0 Å². The van der Waals surface area contributed by atoms with Crippen LogP contribution in [0, 0.1) is 5.92 Å². The van der Waals surface area contributed by atoms with Gasteiger partial charge in [-0.25, -0.2) is 0 Å². The van der Waals surface area contributed by atoms with Crippen molar-refractivity contribution < 1.29 is 19.5 Å². The third-order valence-corrected chi connectivity index (χ3v) is 2.32. The molecule has 0 radical (unpaired) electrons. The number of rotatable bonds is 7. The minimum atomic E-state index is -0.934. The number of aliphatic carboxylic acids is 1. The molecule has 0 spiro atoms. The Morgan fingerprint density at radius 2 is 1.71 bits per heavy atom. The first-order valence-corrected chi connectivity index (χ1v) is 5.53. The van der Waals surface area contributed by atoms with Crippen molar-refractivity contribution in [2.45, 2.75) is 39.7 Å². The summed E-state index contributed by atoms with van der Waals surface area (Å²) in [5, 5.41) is 8.59. The summed E-state index contributed by atoms with van der Waals surface area (Å²) in [6.45, 7) is 5.12. The Bertz CT molecular complexity index is 302. The zero-order valence-electron chi connectivity index (χ0n) is 10.5. The summed E-state index contributed by atoms with van der Waals surface area (Å²) < 4.78 is 0. The van der Waals surface area contributed by atoms with Crippen LogP contribution in [0.3, 0.4) is 0 Å². The number of hydrogen-bond donors (Lipinski definition) is 2. The maximum absolute atomic E-state index is 11.8. The minimum absolute atomic E-state index is 0.0613. The first kappa shape index (κ1) is 15.4. The van der Waals surface area contributed by atoms with Crippen molar-refractivity contribution in [3.05, 3.63) is 0 Å². The van der Waals surface area contributed by atoms with Crippen molar-refractivity contribution >= 4 is 17.8 Å². The molecule has 0 aromatic rings. The van der Waals surface area contributed by atoms with Crippen molar-refractivity contribution in [2.24, 2.45) is 11.7 Å². The lowest BCUT2D eigenvalue weighted by Crippen LogP contribution is -2.43. The van der Waals surface area contributed by atoms with Crippen LogP contribution in [0.5, 0.6) is 0 Å². The van der Waals surface area contributed by atoms with Crippen LogP contribution in [-0.4, -0.2) is 40.4 Å². The molecule has 6 heteroatoms. The molecule has 2 amide bonds. The molecule has 0 fully saturated rings. The molecule has 0 aliphatic rings. The summed E-state index contributed by atoms with van der Waals surface area (Å²) >= 11 is 0. The number of nitrogens with zero attached hydrogens (tertiary/aromatic N) is 1. The van der Waals surface area contributed by atoms with Gasteiger partial charge < -0.3 is 15.7 Å². The Hall–Kier alpha value is -1.59. The average molecular weight is 244 g/mol. The second kappa shape index (κ2) is 6.88. The maximum atomic E-state index is 11.8. The van der Waals surface area contributed by atoms with Crippen LogP contribution in [0.15, 0.2) is 0 Å². The molecule has 98 valence electrons. The third-order valence-electron chi connectivity index (χ3n) is 2.32. The van der Waals surface area contributed by atoms with E-state index < -0.39 is 11.9 Å². The second-order valence-electron chi connectivity index (χ2n) is 4.49. The van der Waals surface area contributed by atoms with Gasteiger partial charge in [0.05, 0.1) is 6.54 Å². The van der Waals surface area contributed by atoms with E-state index in [1.165, 1.54) is 4.90 Å². The smallest absolute Gasteiger partial charge is 0.303 e. The SMILES string of the molecule is CC(CC(=O)O)CC(=O)N(CC(N)=O)C(C)C. The predicted molar refractivity (Wildman–Crippen MR) is 62.1 cm³/mol. The molecule has 0 aromatic carbocycles. The lowest BCUT2D eigenvalue weighted by Gasteiger charge is -2.26. The van der Waals surface area contributed by atoms with Gasteiger partial charge >= 0.3 is 5.97 Å². The Morgan fingerprint density at radius 1 is 1.18 bits per heavy atom. The standard InChI is InChI=1S/C11H20N2O4/c1-7(2)13(6-9(12)14)10(15)4-8(3)5-11(16)17/h7-8H,4-6H2,1-3H3,(H2,12,14)(H,16,17). The van der Waals surface area contributed by atoms with Gasteiger partial charge in [-0.3, -0.25) is 14.4 Å². The quantitative estimate of drug-likeness (QED) is 0.668. The van der Waals surface area contributed by atoms with Crippen LogP contribution in [0.2, 0.25) is 0 Å². The highest BCUT2D eigenvalue weighted by molar-refractivity contribution is 5.84. The molecule has 0 aliphatic carbocycles. The summed E-state index contributed by atoms with van der Waals surface area (Å²) in [6, 6.07) is -0.132. The molecule has 17 heavy (non-hydrogen) atoms. The summed E-state index contributed by atoms with van der Waals surface area (Å²) in [7, 11) is 0. The third kappa shape index (κ3) is 6.55. The molecule has 0 heterocycles. The lowest BCUT2D eigenvalue weighted by atomic mass is 10.0. The number of carboxylic acids is 1. The van der Waals surface area contributed by atoms with E-state index in [-0.39, 0.29) is 37.3 Å². The van der Waals surface area contributed by atoms with E-state index in [1.54, 1.807) is 20.8 Å². The van der Waals surface area contributed by atoms with Gasteiger partial charge in [-0.05, 0) is 19.8 Å². The first-order chi connectivity index (χ1) is 7.73. The monoisotopic (exact) mass is 244 g/mol. The van der Waals surface area contributed by atoms with Crippen LogP contribution in [0.25, 0.3) is 0 Å². The summed E-state index contributed by atoms with van der Waals surface area (Å²) in [5.41, 5.74) is 5.05. The van der Waals surface area contributed by atoms with Gasteiger partial charge in [-0.1, -0.05) is 6.92 Å². The molecule has 0 bridgehead atoms. The highest BCUT2D eigenvalue weighted by atomic mass is 16.4. The Morgan fingerprint density at radius 3 is 2.06 bits per heavy atom. The Labute approximate surface area is 101 Å². The number of carboxylic acid groups (broad SMARTS) is 1. The van der Waals surface area contributed by atoms with Crippen molar-refractivity contribution in [2.75, 3.05) is 6.54 Å². The molecule has 3 N–H and O–H groups in total. The van der Waals surface area contributed by atoms with Gasteiger partial charge in [0.1, 0.15) is 0 Å². The van der Waals surface area contributed by atoms with Gasteiger partial charge in [0.15, 0.2) is 0 Å². The molecule has 0 saturated heterocycles. The molecule has 1 atom stereocenters. The summed E-state index contributed by atoms with van der Waals surface area (Å²) in [4.78, 5) is 34.5. The van der Waals surface area contributed by atoms with E-state index in [1.807, 2.05) is 0 Å². The number of hydrogen-bond acceptors (Lipinski definition) is 3. The maximum Gasteiger partial charge on any atom is 0.303 e. The van der Waals surface area contributed by atoms with E-state index in [9.17, 15) is 14.4 Å². The van der Waals surface area contributed by atoms with Crippen LogP contribution in [0.4, 0.5) is 0 Å². The molecule has 0 saturated carbocycles.